The van der Waals surface area contributed by atoms with Crippen molar-refractivity contribution in [2.45, 2.75) is 25.2 Å². The van der Waals surface area contributed by atoms with E-state index in [9.17, 15) is 18.3 Å². The van der Waals surface area contributed by atoms with Gasteiger partial charge in [-0.25, -0.2) is 13.6 Å². The van der Waals surface area contributed by atoms with Crippen LogP contribution < -0.4 is 14.6 Å². The molecule has 3 N–H and O–H groups in total. The van der Waals surface area contributed by atoms with Crippen molar-refractivity contribution in [3.63, 3.8) is 0 Å². The maximum absolute atomic E-state index is 13.0. The number of nitrogens with two attached hydrogens (primary N) is 1. The molecule has 0 aromatic heterocycles. The van der Waals surface area contributed by atoms with Gasteiger partial charge >= 0.3 is 0 Å². The number of ether oxygens (including phenoxy) is 3. The minimum Gasteiger partial charge on any atom is -0.507 e. The summed E-state index contributed by atoms with van der Waals surface area (Å²) in [6, 6.07) is 5.65. The number of aromatic hydroxyl groups is 1. The number of phenols is 1. The molecule has 8 nitrogen and oxygen atoms in total. The Bertz CT molecular complexity index is 1200. The molecule has 0 fully saturated rings. The van der Waals surface area contributed by atoms with Crippen molar-refractivity contribution in [2.75, 3.05) is 21.0 Å². The molecule has 0 spiro atoms. The highest BCUT2D eigenvalue weighted by molar-refractivity contribution is 7.89. The normalized spacial score (nSPS) is 11.5. The minimum absolute atomic E-state index is 0.0316. The Balaban J connectivity index is 2.53. The van der Waals surface area contributed by atoms with Crippen LogP contribution in [0.4, 0.5) is 0 Å². The van der Waals surface area contributed by atoms with Crippen molar-refractivity contribution in [3.05, 3.63) is 63.7 Å². The van der Waals surface area contributed by atoms with E-state index in [2.05, 4.69) is 0 Å². The average Bonchev–Trinajstić information content (AvgIpc) is 2.74. The Morgan fingerprint density at radius 2 is 1.88 bits per heavy atom. The molecular formula is C23H26ClNO7S. The van der Waals surface area contributed by atoms with Gasteiger partial charge < -0.3 is 19.3 Å². The number of carbonyl (C=O) groups excluding carboxylic acids is 1. The summed E-state index contributed by atoms with van der Waals surface area (Å²) in [6.07, 6.45) is 4.77. The fraction of sp³-hybridized carbons (Fsp3) is 0.261. The first kappa shape index (κ1) is 26.4. The third-order valence-corrected chi connectivity index (χ3v) is 5.92. The number of hydrogen-bond acceptors (Lipinski definition) is 7. The van der Waals surface area contributed by atoms with Gasteiger partial charge in [-0.2, -0.15) is 0 Å². The molecule has 33 heavy (non-hydrogen) atoms. The third kappa shape index (κ3) is 6.82. The van der Waals surface area contributed by atoms with Crippen LogP contribution in [0.5, 0.6) is 17.2 Å². The molecule has 2 aromatic carbocycles. The van der Waals surface area contributed by atoms with Crippen molar-refractivity contribution in [2.24, 2.45) is 5.14 Å². The molecule has 0 heterocycles. The van der Waals surface area contributed by atoms with E-state index in [0.29, 0.717) is 23.3 Å². The first-order valence-corrected chi connectivity index (χ1v) is 11.6. The highest BCUT2D eigenvalue weighted by atomic mass is 35.5. The van der Waals surface area contributed by atoms with Crippen LogP contribution >= 0.6 is 11.6 Å². The first-order valence-electron chi connectivity index (χ1n) is 9.72. The van der Waals surface area contributed by atoms with Gasteiger partial charge in [0.1, 0.15) is 27.7 Å². The quantitative estimate of drug-likeness (QED) is 0.220. The monoisotopic (exact) mass is 495 g/mol. The van der Waals surface area contributed by atoms with Crippen LogP contribution in [0.1, 0.15) is 35.3 Å². The fourth-order valence-electron chi connectivity index (χ4n) is 2.91. The molecule has 0 atom stereocenters. The SMILES string of the molecule is COCOc1cc(OC)c(C(=O)C=Cc2ccc(Cl)c(S(N)(=O)=O)c2)c(O)c1CC=C(C)C. The summed E-state index contributed by atoms with van der Waals surface area (Å²) in [7, 11) is -1.21. The highest BCUT2D eigenvalue weighted by Crippen LogP contribution is 2.40. The molecule has 0 aliphatic rings. The number of ketones is 1. The molecule has 10 heteroatoms. The molecule has 0 amide bonds. The minimum atomic E-state index is -4.04. The first-order chi connectivity index (χ1) is 15.5. The van der Waals surface area contributed by atoms with Crippen LogP contribution in [0.15, 0.2) is 46.9 Å². The highest BCUT2D eigenvalue weighted by Gasteiger charge is 2.23. The molecule has 0 aliphatic heterocycles. The van der Waals surface area contributed by atoms with Crippen molar-refractivity contribution in [3.8, 4) is 17.2 Å². The number of benzene rings is 2. The Morgan fingerprint density at radius 1 is 1.18 bits per heavy atom. The summed E-state index contributed by atoms with van der Waals surface area (Å²) < 4.78 is 39.2. The van der Waals surface area contributed by atoms with Crippen LogP contribution in [-0.4, -0.2) is 40.3 Å². The number of halogens is 1. The average molecular weight is 496 g/mol. The number of methoxy groups -OCH3 is 2. The summed E-state index contributed by atoms with van der Waals surface area (Å²) >= 11 is 5.89. The molecule has 178 valence electrons. The number of sulfonamides is 1. The third-order valence-electron chi connectivity index (χ3n) is 4.53. The van der Waals surface area contributed by atoms with Gasteiger partial charge in [-0.1, -0.05) is 35.4 Å². The van der Waals surface area contributed by atoms with E-state index in [4.69, 9.17) is 31.0 Å². The topological polar surface area (TPSA) is 125 Å². The van der Waals surface area contributed by atoms with Crippen LogP contribution in [0.3, 0.4) is 0 Å². The molecule has 0 saturated heterocycles. The smallest absolute Gasteiger partial charge is 0.239 e. The van der Waals surface area contributed by atoms with Gasteiger partial charge in [-0.15, -0.1) is 0 Å². The Labute approximate surface area is 198 Å². The number of primary sulfonamides is 1. The lowest BCUT2D eigenvalue weighted by Gasteiger charge is -2.17. The predicted molar refractivity (Wildman–Crippen MR) is 126 cm³/mol. The van der Waals surface area contributed by atoms with E-state index >= 15 is 0 Å². The zero-order valence-electron chi connectivity index (χ0n) is 18.7. The lowest BCUT2D eigenvalue weighted by atomic mass is 9.99. The van der Waals surface area contributed by atoms with Crippen molar-refractivity contribution in [1.29, 1.82) is 0 Å². The van der Waals surface area contributed by atoms with Crippen molar-refractivity contribution in [1.82, 2.24) is 0 Å². The zero-order valence-corrected chi connectivity index (χ0v) is 20.3. The van der Waals surface area contributed by atoms with E-state index < -0.39 is 15.8 Å². The Kier molecular flexibility index (Phi) is 9.07. The van der Waals surface area contributed by atoms with Gasteiger partial charge in [-0.05, 0) is 44.0 Å². The lowest BCUT2D eigenvalue weighted by Crippen LogP contribution is -2.12. The summed E-state index contributed by atoms with van der Waals surface area (Å²) in [5, 5.41) is 16.1. The number of phenolic OH excluding ortho intramolecular Hbond substituents is 1. The summed E-state index contributed by atoms with van der Waals surface area (Å²) in [5.41, 5.74) is 1.73. The van der Waals surface area contributed by atoms with E-state index in [1.54, 1.807) is 0 Å². The van der Waals surface area contributed by atoms with Gasteiger partial charge in [0.15, 0.2) is 12.6 Å². The second-order valence-electron chi connectivity index (χ2n) is 7.25. The summed E-state index contributed by atoms with van der Waals surface area (Å²) in [5.74, 6) is -0.419. The van der Waals surface area contributed by atoms with E-state index in [-0.39, 0.29) is 33.8 Å². The van der Waals surface area contributed by atoms with Crippen LogP contribution in [0, 0.1) is 0 Å². The van der Waals surface area contributed by atoms with Gasteiger partial charge in [0.2, 0.25) is 10.0 Å². The lowest BCUT2D eigenvalue weighted by molar-refractivity contribution is 0.0502. The molecule has 2 aromatic rings. The fourth-order valence-corrected chi connectivity index (χ4v) is 3.99. The van der Waals surface area contributed by atoms with E-state index in [1.807, 2.05) is 19.9 Å². The van der Waals surface area contributed by atoms with Crippen molar-refractivity contribution >= 4 is 33.5 Å². The van der Waals surface area contributed by atoms with E-state index in [1.165, 1.54) is 50.6 Å². The molecule has 0 radical (unpaired) electrons. The second-order valence-corrected chi connectivity index (χ2v) is 9.19. The van der Waals surface area contributed by atoms with Crippen LogP contribution in [0.2, 0.25) is 5.02 Å². The number of rotatable bonds is 10. The summed E-state index contributed by atoms with van der Waals surface area (Å²) in [6.45, 7) is 3.76. The maximum atomic E-state index is 13.0. The number of carbonyl (C=O) groups is 1. The molecule has 0 saturated carbocycles. The van der Waals surface area contributed by atoms with Gasteiger partial charge in [-0.3, -0.25) is 4.79 Å². The Hall–Kier alpha value is -2.85. The predicted octanol–water partition coefficient (Wildman–Crippen LogP) is 4.09. The number of hydrogen-bond donors (Lipinski definition) is 2. The van der Waals surface area contributed by atoms with Crippen LogP contribution in [-0.2, 0) is 21.2 Å². The van der Waals surface area contributed by atoms with Crippen molar-refractivity contribution < 1.29 is 32.5 Å². The van der Waals surface area contributed by atoms with Gasteiger partial charge in [0.05, 0.1) is 12.1 Å². The summed E-state index contributed by atoms with van der Waals surface area (Å²) in [4.78, 5) is 12.7. The zero-order chi connectivity index (χ0) is 24.8. The second kappa shape index (κ2) is 11.3. The molecule has 0 aliphatic carbocycles. The van der Waals surface area contributed by atoms with E-state index in [0.717, 1.165) is 5.57 Å². The standard InChI is InChI=1S/C23H26ClNO7S/c1-14(2)5-8-16-19(32-13-30-3)12-20(31-4)22(23(16)27)18(26)10-7-15-6-9-17(24)21(11-15)33(25,28)29/h5-7,9-12,27H,8,13H2,1-4H3,(H2,25,28,29). The van der Waals surface area contributed by atoms with Gasteiger partial charge in [0.25, 0.3) is 0 Å². The molecule has 2 rings (SSSR count). The largest absolute Gasteiger partial charge is 0.507 e. The maximum Gasteiger partial charge on any atom is 0.239 e. The molecular weight excluding hydrogens is 470 g/mol. The van der Waals surface area contributed by atoms with Gasteiger partial charge in [0, 0.05) is 18.7 Å². The number of allylic oxidation sites excluding steroid dienone is 3. The molecule has 0 unspecified atom stereocenters. The van der Waals surface area contributed by atoms with Crippen LogP contribution in [0.25, 0.3) is 6.08 Å². The molecule has 0 bridgehead atoms. The Morgan fingerprint density at radius 3 is 2.45 bits per heavy atom.